The fourth-order valence-electron chi connectivity index (χ4n) is 5.44. The Hall–Kier alpha value is -3.38. The van der Waals surface area contributed by atoms with Gasteiger partial charge < -0.3 is 15.7 Å². The van der Waals surface area contributed by atoms with E-state index in [1.807, 2.05) is 13.0 Å². The molecule has 5 rings (SSSR count). The second-order valence-corrected chi connectivity index (χ2v) is 12.3. The number of aromatic nitrogens is 4. The van der Waals surface area contributed by atoms with Gasteiger partial charge in [-0.05, 0) is 72.8 Å². The second kappa shape index (κ2) is 10.8. The average molecular weight is 589 g/mol. The standard InChI is InChI=1S/C29H32F4N6OS/c1-12-21(30)23(32)19(24(33)22(12)31)13(2)35-28-36-14(3)20(27-38-25-15(4)34-10-9-18(25)41-27)26(39-28)37-17-8-7-16(11-17)29(5,6)40/h9-10,13,16-17,40H,7-8,11H2,1-6H3,(H2,35,36,37,39). The van der Waals surface area contributed by atoms with Crippen molar-refractivity contribution in [1.29, 1.82) is 0 Å². The predicted molar refractivity (Wildman–Crippen MR) is 152 cm³/mol. The van der Waals surface area contributed by atoms with Crippen LogP contribution >= 0.6 is 11.3 Å². The Labute approximate surface area is 239 Å². The van der Waals surface area contributed by atoms with Gasteiger partial charge in [-0.3, -0.25) is 4.98 Å². The summed E-state index contributed by atoms with van der Waals surface area (Å²) < 4.78 is 59.0. The maximum absolute atomic E-state index is 14.7. The van der Waals surface area contributed by atoms with Crippen LogP contribution < -0.4 is 10.6 Å². The molecule has 1 aromatic carbocycles. The lowest BCUT2D eigenvalue weighted by atomic mass is 9.89. The highest BCUT2D eigenvalue weighted by Crippen LogP contribution is 2.40. The van der Waals surface area contributed by atoms with Crippen LogP contribution in [0, 0.1) is 50.0 Å². The van der Waals surface area contributed by atoms with Gasteiger partial charge >= 0.3 is 0 Å². The molecular weight excluding hydrogens is 556 g/mol. The van der Waals surface area contributed by atoms with Gasteiger partial charge in [0.2, 0.25) is 5.95 Å². The first-order valence-electron chi connectivity index (χ1n) is 13.4. The molecule has 1 saturated carbocycles. The van der Waals surface area contributed by atoms with Gasteiger partial charge in [-0.15, -0.1) is 11.3 Å². The number of fused-ring (bicyclic) bond motifs is 1. The predicted octanol–water partition coefficient (Wildman–Crippen LogP) is 7.15. The molecule has 3 aromatic heterocycles. The monoisotopic (exact) mass is 588 g/mol. The van der Waals surface area contributed by atoms with Crippen LogP contribution in [0.5, 0.6) is 0 Å². The summed E-state index contributed by atoms with van der Waals surface area (Å²) in [7, 11) is 0. The molecule has 0 aliphatic heterocycles. The van der Waals surface area contributed by atoms with Crippen LogP contribution in [-0.2, 0) is 0 Å². The van der Waals surface area contributed by atoms with E-state index in [0.717, 1.165) is 35.7 Å². The summed E-state index contributed by atoms with van der Waals surface area (Å²) in [5, 5.41) is 17.5. The number of hydrogen-bond acceptors (Lipinski definition) is 8. The fraction of sp³-hybridized carbons (Fsp3) is 0.448. The third-order valence-corrected chi connectivity index (χ3v) is 8.90. The van der Waals surface area contributed by atoms with Crippen LogP contribution in [0.1, 0.15) is 68.6 Å². The summed E-state index contributed by atoms with van der Waals surface area (Å²) in [6.07, 6.45) is 4.07. The van der Waals surface area contributed by atoms with Gasteiger partial charge in [-0.1, -0.05) is 0 Å². The summed E-state index contributed by atoms with van der Waals surface area (Å²) in [5.74, 6) is -5.23. The van der Waals surface area contributed by atoms with Crippen LogP contribution in [0.4, 0.5) is 29.3 Å². The second-order valence-electron chi connectivity index (χ2n) is 11.3. The number of thiazole rings is 1. The summed E-state index contributed by atoms with van der Waals surface area (Å²) in [4.78, 5) is 18.3. The largest absolute Gasteiger partial charge is 0.390 e. The Morgan fingerprint density at radius 1 is 0.976 bits per heavy atom. The molecule has 12 heteroatoms. The Morgan fingerprint density at radius 2 is 1.66 bits per heavy atom. The number of halogens is 4. The van der Waals surface area contributed by atoms with Gasteiger partial charge in [-0.2, -0.15) is 4.98 Å². The molecule has 1 aliphatic rings. The molecule has 1 aliphatic carbocycles. The van der Waals surface area contributed by atoms with Crippen molar-refractivity contribution in [2.24, 2.45) is 5.92 Å². The number of anilines is 2. The van der Waals surface area contributed by atoms with Gasteiger partial charge in [0.15, 0.2) is 23.3 Å². The van der Waals surface area contributed by atoms with E-state index in [0.29, 0.717) is 28.5 Å². The minimum absolute atomic E-state index is 0.00212. The Bertz CT molecular complexity index is 1610. The lowest BCUT2D eigenvalue weighted by Gasteiger charge is -2.26. The summed E-state index contributed by atoms with van der Waals surface area (Å²) in [6, 6.07) is 0.690. The van der Waals surface area contributed by atoms with Crippen molar-refractivity contribution in [3.8, 4) is 10.6 Å². The van der Waals surface area contributed by atoms with Crippen LogP contribution in [0.25, 0.3) is 20.8 Å². The molecule has 0 radical (unpaired) electrons. The molecular formula is C29H32F4N6OS. The van der Waals surface area contributed by atoms with Crippen LogP contribution in [-0.4, -0.2) is 36.7 Å². The molecule has 3 atom stereocenters. The van der Waals surface area contributed by atoms with Crippen LogP contribution in [0.3, 0.4) is 0 Å². The molecule has 0 saturated heterocycles. The maximum Gasteiger partial charge on any atom is 0.225 e. The lowest BCUT2D eigenvalue weighted by molar-refractivity contribution is 0.0197. The van der Waals surface area contributed by atoms with Crippen molar-refractivity contribution in [2.45, 2.75) is 78.5 Å². The Balaban J connectivity index is 1.55. The summed E-state index contributed by atoms with van der Waals surface area (Å²) in [6.45, 7) is 9.62. The molecule has 7 nitrogen and oxygen atoms in total. The van der Waals surface area contributed by atoms with E-state index in [4.69, 9.17) is 4.98 Å². The van der Waals surface area contributed by atoms with E-state index in [-0.39, 0.29) is 17.9 Å². The normalized spacial score (nSPS) is 18.2. The van der Waals surface area contributed by atoms with E-state index in [1.165, 1.54) is 18.3 Å². The van der Waals surface area contributed by atoms with Crippen molar-refractivity contribution in [3.63, 3.8) is 0 Å². The minimum Gasteiger partial charge on any atom is -0.390 e. The zero-order valence-electron chi connectivity index (χ0n) is 23.7. The molecule has 41 heavy (non-hydrogen) atoms. The van der Waals surface area contributed by atoms with Crippen molar-refractivity contribution in [1.82, 2.24) is 19.9 Å². The van der Waals surface area contributed by atoms with Crippen molar-refractivity contribution in [3.05, 3.63) is 58.0 Å². The highest BCUT2D eigenvalue weighted by atomic mass is 32.1. The first kappa shape index (κ1) is 29.1. The summed E-state index contributed by atoms with van der Waals surface area (Å²) >= 11 is 1.47. The topological polar surface area (TPSA) is 95.9 Å². The molecule has 0 bridgehead atoms. The van der Waals surface area contributed by atoms with Gasteiger partial charge in [-0.25, -0.2) is 27.5 Å². The maximum atomic E-state index is 14.7. The molecule has 1 fully saturated rings. The molecule has 0 amide bonds. The number of nitrogens with zero attached hydrogens (tertiary/aromatic N) is 4. The smallest absolute Gasteiger partial charge is 0.225 e. The van der Waals surface area contributed by atoms with Crippen molar-refractivity contribution in [2.75, 3.05) is 10.6 Å². The third-order valence-electron chi connectivity index (χ3n) is 7.86. The van der Waals surface area contributed by atoms with E-state index < -0.39 is 46.0 Å². The quantitative estimate of drug-likeness (QED) is 0.156. The molecule has 3 N–H and O–H groups in total. The van der Waals surface area contributed by atoms with Crippen molar-refractivity contribution < 1.29 is 22.7 Å². The van der Waals surface area contributed by atoms with E-state index in [1.54, 1.807) is 27.0 Å². The minimum atomic E-state index is -1.46. The number of aryl methyl sites for hydroxylation is 2. The molecule has 0 spiro atoms. The SMILES string of the molecule is Cc1nc(NC(C)c2c(F)c(F)c(C)c(F)c2F)nc(NC2CCC(C(C)(C)O)C2)c1-c1nc2c(C)nccc2s1. The first-order chi connectivity index (χ1) is 19.3. The van der Waals surface area contributed by atoms with Crippen molar-refractivity contribution >= 4 is 33.3 Å². The average Bonchev–Trinajstić information content (AvgIpc) is 3.54. The highest BCUT2D eigenvalue weighted by molar-refractivity contribution is 7.21. The first-order valence-corrected chi connectivity index (χ1v) is 14.3. The molecule has 4 aromatic rings. The lowest BCUT2D eigenvalue weighted by Crippen LogP contribution is -2.30. The highest BCUT2D eigenvalue weighted by Gasteiger charge is 2.35. The van der Waals surface area contributed by atoms with Gasteiger partial charge in [0, 0.05) is 17.8 Å². The molecule has 3 heterocycles. The van der Waals surface area contributed by atoms with Gasteiger partial charge in [0.1, 0.15) is 16.3 Å². The third kappa shape index (κ3) is 5.46. The number of hydrogen-bond donors (Lipinski definition) is 3. The zero-order chi connectivity index (χ0) is 29.8. The van der Waals surface area contributed by atoms with Gasteiger partial charge in [0.25, 0.3) is 0 Å². The number of rotatable bonds is 7. The van der Waals surface area contributed by atoms with E-state index in [2.05, 4.69) is 25.6 Å². The van der Waals surface area contributed by atoms with Crippen LogP contribution in [0.15, 0.2) is 12.3 Å². The van der Waals surface area contributed by atoms with Crippen LogP contribution in [0.2, 0.25) is 0 Å². The molecule has 3 unspecified atom stereocenters. The fourth-order valence-corrected chi connectivity index (χ4v) is 6.55. The summed E-state index contributed by atoms with van der Waals surface area (Å²) in [5.41, 5.74) is 0.445. The van der Waals surface area contributed by atoms with E-state index in [9.17, 15) is 22.7 Å². The number of aliphatic hydroxyl groups is 1. The number of pyridine rings is 1. The van der Waals surface area contributed by atoms with E-state index >= 15 is 0 Å². The number of benzene rings is 1. The molecule has 218 valence electrons. The number of nitrogens with one attached hydrogen (secondary N) is 2. The zero-order valence-corrected chi connectivity index (χ0v) is 24.5. The Kier molecular flexibility index (Phi) is 7.66. The Morgan fingerprint density at radius 3 is 2.27 bits per heavy atom. The van der Waals surface area contributed by atoms with Gasteiger partial charge in [0.05, 0.1) is 38.9 Å².